The van der Waals surface area contributed by atoms with Crippen LogP contribution < -0.4 is 11.1 Å². The van der Waals surface area contributed by atoms with Gasteiger partial charge in [0, 0.05) is 18.0 Å². The summed E-state index contributed by atoms with van der Waals surface area (Å²) in [5.74, 6) is -0.690. The van der Waals surface area contributed by atoms with E-state index in [1.165, 1.54) is 5.56 Å². The van der Waals surface area contributed by atoms with Crippen molar-refractivity contribution in [1.29, 1.82) is 0 Å². The molecule has 0 spiro atoms. The number of rotatable bonds is 12. The Morgan fingerprint density at radius 1 is 0.838 bits per heavy atom. The first-order valence-corrected chi connectivity index (χ1v) is 12.8. The van der Waals surface area contributed by atoms with E-state index in [2.05, 4.69) is 67.7 Å². The van der Waals surface area contributed by atoms with Gasteiger partial charge in [0.25, 0.3) is 5.91 Å². The van der Waals surface area contributed by atoms with Crippen LogP contribution in [0.3, 0.4) is 0 Å². The standard InChI is InChI=1S/C31H38N2O4/c1-20(2)28(18-33-30(34)27-11-5-22(6-12-27)17-29(32)31(35)36)26-15-13-25(14-16-26)24-9-7-23(8-10-24)19-37-21(3)4/h5-16,20-21,28-29H,17-19,32H2,1-4H3,(H,33,34)(H,35,36)/t28-,29-/m1/s1. The minimum Gasteiger partial charge on any atom is -0.480 e. The minimum atomic E-state index is -1.04. The molecule has 37 heavy (non-hydrogen) atoms. The topological polar surface area (TPSA) is 102 Å². The van der Waals surface area contributed by atoms with Gasteiger partial charge in [-0.1, -0.05) is 74.5 Å². The minimum absolute atomic E-state index is 0.155. The highest BCUT2D eigenvalue weighted by Crippen LogP contribution is 2.27. The number of nitrogens with two attached hydrogens (primary N) is 1. The summed E-state index contributed by atoms with van der Waals surface area (Å²) in [5, 5.41) is 12.0. The van der Waals surface area contributed by atoms with Gasteiger partial charge in [0.05, 0.1) is 12.7 Å². The molecule has 6 nitrogen and oxygen atoms in total. The summed E-state index contributed by atoms with van der Waals surface area (Å²) in [5.41, 5.74) is 11.6. The van der Waals surface area contributed by atoms with Crippen LogP contribution >= 0.6 is 0 Å². The van der Waals surface area contributed by atoms with Crippen molar-refractivity contribution >= 4 is 11.9 Å². The van der Waals surface area contributed by atoms with Gasteiger partial charge in [0.15, 0.2) is 0 Å². The third kappa shape index (κ3) is 8.27. The van der Waals surface area contributed by atoms with Crippen LogP contribution in [-0.2, 0) is 22.6 Å². The van der Waals surface area contributed by atoms with Gasteiger partial charge in [-0.3, -0.25) is 9.59 Å². The zero-order valence-electron chi connectivity index (χ0n) is 22.1. The second kappa shape index (κ2) is 13.2. The molecule has 0 fully saturated rings. The predicted molar refractivity (Wildman–Crippen MR) is 147 cm³/mol. The third-order valence-corrected chi connectivity index (χ3v) is 6.49. The molecule has 0 radical (unpaired) electrons. The Hall–Kier alpha value is -3.48. The van der Waals surface area contributed by atoms with Crippen LogP contribution in [0.4, 0.5) is 0 Å². The summed E-state index contributed by atoms with van der Waals surface area (Å²) >= 11 is 0. The van der Waals surface area contributed by atoms with E-state index in [-0.39, 0.29) is 24.3 Å². The van der Waals surface area contributed by atoms with Gasteiger partial charge in [0.1, 0.15) is 6.04 Å². The molecule has 0 aliphatic carbocycles. The molecule has 3 aromatic rings. The first-order valence-electron chi connectivity index (χ1n) is 12.8. The highest BCUT2D eigenvalue weighted by atomic mass is 16.5. The summed E-state index contributed by atoms with van der Waals surface area (Å²) in [4.78, 5) is 23.7. The number of hydrogen-bond donors (Lipinski definition) is 3. The quantitative estimate of drug-likeness (QED) is 0.308. The van der Waals surface area contributed by atoms with Gasteiger partial charge < -0.3 is 20.9 Å². The second-order valence-electron chi connectivity index (χ2n) is 10.1. The summed E-state index contributed by atoms with van der Waals surface area (Å²) in [7, 11) is 0. The number of carboxylic acid groups (broad SMARTS) is 1. The number of benzene rings is 3. The van der Waals surface area contributed by atoms with Crippen LogP contribution in [0, 0.1) is 5.92 Å². The van der Waals surface area contributed by atoms with E-state index >= 15 is 0 Å². The van der Waals surface area contributed by atoms with Crippen molar-refractivity contribution in [2.75, 3.05) is 6.54 Å². The molecule has 2 atom stereocenters. The lowest BCUT2D eigenvalue weighted by Gasteiger charge is -2.22. The van der Waals surface area contributed by atoms with Crippen molar-refractivity contribution < 1.29 is 19.4 Å². The van der Waals surface area contributed by atoms with E-state index in [0.717, 1.165) is 22.3 Å². The van der Waals surface area contributed by atoms with Crippen molar-refractivity contribution in [2.45, 2.75) is 58.8 Å². The highest BCUT2D eigenvalue weighted by molar-refractivity contribution is 5.94. The van der Waals surface area contributed by atoms with Crippen LogP contribution in [0.15, 0.2) is 72.8 Å². The molecule has 0 aliphatic heterocycles. The van der Waals surface area contributed by atoms with Gasteiger partial charge in [-0.2, -0.15) is 0 Å². The van der Waals surface area contributed by atoms with E-state index in [1.807, 2.05) is 13.8 Å². The van der Waals surface area contributed by atoms with Gasteiger partial charge in [0.2, 0.25) is 0 Å². The van der Waals surface area contributed by atoms with E-state index in [4.69, 9.17) is 15.6 Å². The van der Waals surface area contributed by atoms with E-state index in [1.54, 1.807) is 24.3 Å². The van der Waals surface area contributed by atoms with Gasteiger partial charge in [-0.25, -0.2) is 0 Å². The summed E-state index contributed by atoms with van der Waals surface area (Å²) in [6.07, 6.45) is 0.431. The second-order valence-corrected chi connectivity index (χ2v) is 10.1. The Kier molecular flexibility index (Phi) is 10.0. The van der Waals surface area contributed by atoms with Crippen LogP contribution in [0.1, 0.15) is 60.7 Å². The Balaban J connectivity index is 1.61. The molecule has 0 unspecified atom stereocenters. The van der Waals surface area contributed by atoms with Crippen molar-refractivity contribution in [3.05, 3.63) is 95.1 Å². The average Bonchev–Trinajstić information content (AvgIpc) is 2.88. The Labute approximate surface area is 219 Å². The molecule has 0 heterocycles. The fourth-order valence-electron chi connectivity index (χ4n) is 4.16. The molecule has 196 valence electrons. The molecule has 0 aromatic heterocycles. The molecule has 1 amide bonds. The van der Waals surface area contributed by atoms with E-state index in [0.29, 0.717) is 24.6 Å². The smallest absolute Gasteiger partial charge is 0.320 e. The summed E-state index contributed by atoms with van der Waals surface area (Å²) in [6.45, 7) is 9.51. The van der Waals surface area contributed by atoms with E-state index < -0.39 is 12.0 Å². The predicted octanol–water partition coefficient (Wildman–Crippen LogP) is 5.40. The molecule has 0 saturated heterocycles. The molecule has 0 saturated carbocycles. The van der Waals surface area contributed by atoms with Gasteiger partial charge in [-0.05, 0) is 66.1 Å². The summed E-state index contributed by atoms with van der Waals surface area (Å²) in [6, 6.07) is 22.9. The molecule has 0 aliphatic rings. The molecule has 6 heteroatoms. The monoisotopic (exact) mass is 502 g/mol. The largest absolute Gasteiger partial charge is 0.480 e. The third-order valence-electron chi connectivity index (χ3n) is 6.49. The molecular formula is C31H38N2O4. The normalized spacial score (nSPS) is 12.9. The Morgan fingerprint density at radius 2 is 1.38 bits per heavy atom. The Morgan fingerprint density at radius 3 is 1.89 bits per heavy atom. The van der Waals surface area contributed by atoms with Crippen molar-refractivity contribution in [3.8, 4) is 11.1 Å². The maximum Gasteiger partial charge on any atom is 0.320 e. The maximum atomic E-state index is 12.8. The first-order chi connectivity index (χ1) is 17.6. The lowest BCUT2D eigenvalue weighted by Crippen LogP contribution is -2.32. The van der Waals surface area contributed by atoms with Crippen molar-refractivity contribution in [3.63, 3.8) is 0 Å². The molecule has 3 aromatic carbocycles. The molecule has 0 bridgehead atoms. The van der Waals surface area contributed by atoms with Crippen LogP contribution in [0.5, 0.6) is 0 Å². The van der Waals surface area contributed by atoms with Gasteiger partial charge >= 0.3 is 5.97 Å². The lowest BCUT2D eigenvalue weighted by atomic mass is 9.87. The maximum absolute atomic E-state index is 12.8. The fraction of sp³-hybridized carbons (Fsp3) is 0.355. The number of aliphatic carboxylic acids is 1. The lowest BCUT2D eigenvalue weighted by molar-refractivity contribution is -0.138. The van der Waals surface area contributed by atoms with Crippen LogP contribution in [0.2, 0.25) is 0 Å². The molecule has 3 rings (SSSR count). The number of amides is 1. The number of hydrogen-bond acceptors (Lipinski definition) is 4. The van der Waals surface area contributed by atoms with Crippen molar-refractivity contribution in [1.82, 2.24) is 5.32 Å². The van der Waals surface area contributed by atoms with E-state index in [9.17, 15) is 9.59 Å². The fourth-order valence-corrected chi connectivity index (χ4v) is 4.16. The zero-order chi connectivity index (χ0) is 26.9. The average molecular weight is 503 g/mol. The van der Waals surface area contributed by atoms with Crippen LogP contribution in [-0.4, -0.2) is 35.7 Å². The molecule has 4 N–H and O–H groups in total. The Bertz CT molecular complexity index is 1150. The number of ether oxygens (including phenoxy) is 1. The van der Waals surface area contributed by atoms with Gasteiger partial charge in [-0.15, -0.1) is 0 Å². The summed E-state index contributed by atoms with van der Waals surface area (Å²) < 4.78 is 5.68. The SMILES string of the molecule is CC(C)OCc1ccc(-c2ccc([C@H](CNC(=O)c3ccc(C[C@@H](N)C(=O)O)cc3)C(C)C)cc2)cc1. The number of carboxylic acids is 1. The zero-order valence-corrected chi connectivity index (χ0v) is 22.1. The van der Waals surface area contributed by atoms with Crippen LogP contribution in [0.25, 0.3) is 11.1 Å². The highest BCUT2D eigenvalue weighted by Gasteiger charge is 2.18. The molecular weight excluding hydrogens is 464 g/mol. The van der Waals surface area contributed by atoms with Crippen molar-refractivity contribution in [2.24, 2.45) is 11.7 Å². The number of carbonyl (C=O) groups is 2. The number of nitrogens with one attached hydrogen (secondary N) is 1. The number of carbonyl (C=O) groups excluding carboxylic acids is 1. The first kappa shape index (κ1) is 28.1.